The minimum Gasteiger partial charge on any atom is -0.489 e. The highest BCUT2D eigenvalue weighted by atomic mass is 79.9. The number of amides is 3. The average Bonchev–Trinajstić information content (AvgIpc) is 4.17. The Morgan fingerprint density at radius 3 is 1.14 bits per heavy atom. The van der Waals surface area contributed by atoms with Gasteiger partial charge in [0.2, 0.25) is 17.7 Å². The number of benzene rings is 6. The summed E-state index contributed by atoms with van der Waals surface area (Å²) in [5, 5.41) is 30.4. The zero-order valence-electron chi connectivity index (χ0n) is 41.3. The predicted octanol–water partition coefficient (Wildman–Crippen LogP) is 11.3. The molecule has 3 amide bonds. The molecule has 0 aliphatic heterocycles. The molecule has 0 radical (unpaired) electrons. The van der Waals surface area contributed by atoms with Gasteiger partial charge in [-0.05, 0) is 123 Å². The Morgan fingerprint density at radius 2 is 0.808 bits per heavy atom. The van der Waals surface area contributed by atoms with Crippen LogP contribution in [0.1, 0.15) is 102 Å². The Hall–Kier alpha value is -9.12. The summed E-state index contributed by atoms with van der Waals surface area (Å²) in [6, 6.07) is 39.7. The third-order valence-corrected chi connectivity index (χ3v) is 15.5. The van der Waals surface area contributed by atoms with E-state index in [0.717, 1.165) is 40.9 Å². The van der Waals surface area contributed by atoms with Crippen LogP contribution in [0.5, 0.6) is 17.2 Å². The van der Waals surface area contributed by atoms with Gasteiger partial charge in [0.25, 0.3) is 0 Å². The van der Waals surface area contributed by atoms with Gasteiger partial charge in [-0.3, -0.25) is 14.4 Å². The number of rotatable bonds is 17. The number of fused-ring (bicyclic) bond motifs is 3. The van der Waals surface area contributed by atoms with Crippen LogP contribution < -0.4 is 31.4 Å². The summed E-state index contributed by atoms with van der Waals surface area (Å²) >= 11 is 7.32. The first kappa shape index (κ1) is 56.6. The molecular formula is C57H44BrN5O12S3. The van der Waals surface area contributed by atoms with Gasteiger partial charge in [0.1, 0.15) is 51.7 Å². The van der Waals surface area contributed by atoms with Crippen LogP contribution in [0.2, 0.25) is 0 Å². The van der Waals surface area contributed by atoms with Gasteiger partial charge >= 0.3 is 17.9 Å². The number of esters is 2. The topological polar surface area (TPSA) is 294 Å². The van der Waals surface area contributed by atoms with Gasteiger partial charge in [-0.2, -0.15) is 10.5 Å². The lowest BCUT2D eigenvalue weighted by Crippen LogP contribution is -2.10. The normalized spacial score (nSPS) is 10.5. The van der Waals surface area contributed by atoms with Crippen LogP contribution in [-0.4, -0.2) is 53.9 Å². The number of primary amides is 3. The SMILES string of the molecule is CCOC(=O)c1sc2cccc(Br)c2c1COc1ccc(C(N)=O)cc1.CCOC(=O)c1sc2cccc(C#N)c2c1COc1ccc(C(N)=O)cc1.N#Cc1cccc2sc(C(=O)O)c(COc3ccc(C(N)=O)cc3)c12. The van der Waals surface area contributed by atoms with Crippen molar-refractivity contribution in [3.05, 3.63) is 191 Å². The molecule has 0 atom stereocenters. The lowest BCUT2D eigenvalue weighted by atomic mass is 10.1. The van der Waals surface area contributed by atoms with E-state index in [-0.39, 0.29) is 37.3 Å². The molecule has 0 saturated heterocycles. The van der Waals surface area contributed by atoms with Crippen LogP contribution in [0, 0.1) is 22.7 Å². The highest BCUT2D eigenvalue weighted by Gasteiger charge is 2.24. The highest BCUT2D eigenvalue weighted by Crippen LogP contribution is 2.39. The fraction of sp³-hybridized carbons (Fsp3) is 0.123. The Morgan fingerprint density at radius 1 is 0.487 bits per heavy atom. The molecule has 0 aliphatic carbocycles. The Bertz CT molecular complexity index is 3820. The first-order valence-electron chi connectivity index (χ1n) is 23.3. The quantitative estimate of drug-likeness (QED) is 0.0617. The van der Waals surface area contributed by atoms with Crippen molar-refractivity contribution in [3.63, 3.8) is 0 Å². The minimum absolute atomic E-state index is 0.00373. The number of carbonyl (C=O) groups excluding carboxylic acids is 5. The molecule has 17 nitrogen and oxygen atoms in total. The largest absolute Gasteiger partial charge is 0.489 e. The summed E-state index contributed by atoms with van der Waals surface area (Å²) in [5.41, 5.74) is 19.5. The van der Waals surface area contributed by atoms with Crippen molar-refractivity contribution in [3.8, 4) is 29.4 Å². The smallest absolute Gasteiger partial charge is 0.348 e. The third-order valence-electron chi connectivity index (χ3n) is 11.3. The Labute approximate surface area is 465 Å². The number of carboxylic acids is 1. The van der Waals surface area contributed by atoms with Crippen LogP contribution in [0.15, 0.2) is 132 Å². The maximum Gasteiger partial charge on any atom is 0.348 e. The fourth-order valence-electron chi connectivity index (χ4n) is 7.70. The summed E-state index contributed by atoms with van der Waals surface area (Å²) in [7, 11) is 0. The van der Waals surface area contributed by atoms with Gasteiger partial charge in [-0.1, -0.05) is 34.1 Å². The summed E-state index contributed by atoms with van der Waals surface area (Å²) in [5.74, 6) is -1.85. The monoisotopic (exact) mass is 1170 g/mol. The summed E-state index contributed by atoms with van der Waals surface area (Å²) in [6.07, 6.45) is 0. The molecule has 9 rings (SSSR count). The molecule has 21 heteroatoms. The molecule has 0 unspecified atom stereocenters. The number of carboxylic acid groups (broad SMARTS) is 1. The van der Waals surface area contributed by atoms with Crippen molar-refractivity contribution in [2.45, 2.75) is 33.7 Å². The molecule has 0 fully saturated rings. The highest BCUT2D eigenvalue weighted by molar-refractivity contribution is 9.10. The van der Waals surface area contributed by atoms with Crippen molar-refractivity contribution in [2.24, 2.45) is 17.2 Å². The molecule has 3 aromatic heterocycles. The van der Waals surface area contributed by atoms with E-state index in [1.807, 2.05) is 24.3 Å². The minimum atomic E-state index is -1.06. The molecule has 3 heterocycles. The molecule has 0 saturated carbocycles. The van der Waals surface area contributed by atoms with Crippen LogP contribution in [0.4, 0.5) is 0 Å². The van der Waals surface area contributed by atoms with Crippen molar-refractivity contribution in [2.75, 3.05) is 13.2 Å². The fourth-order valence-corrected chi connectivity index (χ4v) is 11.8. The maximum absolute atomic E-state index is 12.4. The number of nitrogens with two attached hydrogens (primary N) is 3. The van der Waals surface area contributed by atoms with E-state index >= 15 is 0 Å². The van der Waals surface area contributed by atoms with Crippen LogP contribution >= 0.6 is 49.9 Å². The number of carbonyl (C=O) groups is 6. The first-order chi connectivity index (χ1) is 37.6. The molecule has 78 heavy (non-hydrogen) atoms. The lowest BCUT2D eigenvalue weighted by Gasteiger charge is -2.09. The number of hydrogen-bond acceptors (Lipinski definition) is 16. The Balaban J connectivity index is 0.000000170. The van der Waals surface area contributed by atoms with Crippen molar-refractivity contribution >= 4 is 116 Å². The molecule has 6 aromatic carbocycles. The number of aromatic carboxylic acids is 1. The van der Waals surface area contributed by atoms with Gasteiger partial charge in [0.15, 0.2) is 0 Å². The van der Waals surface area contributed by atoms with Gasteiger partial charge in [-0.25, -0.2) is 14.4 Å². The van der Waals surface area contributed by atoms with Crippen molar-refractivity contribution < 1.29 is 57.6 Å². The standard InChI is InChI=1S/C20H16N2O4S.C19H16BrNO4S.C18H12N2O4S/c1-2-25-20(24)18-15(17-13(10-21)4-3-5-16(17)27-18)11-26-14-8-6-12(7-9-14)19(22)23;1-2-24-19(23)17-13(16-14(20)4-3-5-15(16)26-17)10-25-12-8-6-11(7-9-12)18(21)22;19-8-11-2-1-3-14-15(11)13(16(25-14)18(22)23)9-24-12-6-4-10(5-7-12)17(20)21/h3-9H,2,11H2,1H3,(H2,22,23);3-9H,2,10H2,1H3,(H2,21,22);1-7H,9H2,(H2,20,21)(H,22,23). The van der Waals surface area contributed by atoms with Gasteiger partial charge in [0, 0.05) is 68.1 Å². The van der Waals surface area contributed by atoms with Crippen molar-refractivity contribution in [1.82, 2.24) is 0 Å². The number of nitrogens with zero attached hydrogens (tertiary/aromatic N) is 2. The second kappa shape index (κ2) is 26.1. The van der Waals surface area contributed by atoms with E-state index in [0.29, 0.717) is 83.3 Å². The molecule has 0 bridgehead atoms. The van der Waals surface area contributed by atoms with E-state index in [4.69, 9.17) is 40.9 Å². The second-order valence-corrected chi connectivity index (χ2v) is 20.2. The zero-order chi connectivity index (χ0) is 56.0. The summed E-state index contributed by atoms with van der Waals surface area (Å²) in [4.78, 5) is 70.7. The predicted molar refractivity (Wildman–Crippen MR) is 299 cm³/mol. The molecule has 7 N–H and O–H groups in total. The Kier molecular flexibility index (Phi) is 18.9. The lowest BCUT2D eigenvalue weighted by molar-refractivity contribution is 0.0520. The van der Waals surface area contributed by atoms with Crippen LogP contribution in [0.3, 0.4) is 0 Å². The van der Waals surface area contributed by atoms with Gasteiger partial charge in [-0.15, -0.1) is 34.0 Å². The van der Waals surface area contributed by atoms with Gasteiger partial charge in [0.05, 0.1) is 36.5 Å². The number of nitriles is 2. The molecule has 0 spiro atoms. The van der Waals surface area contributed by atoms with Crippen LogP contribution in [-0.2, 0) is 29.3 Å². The van der Waals surface area contributed by atoms with Gasteiger partial charge < -0.3 is 46.0 Å². The molecule has 9 aromatic rings. The third kappa shape index (κ3) is 13.3. The molecule has 0 aliphatic rings. The second-order valence-electron chi connectivity index (χ2n) is 16.2. The first-order valence-corrected chi connectivity index (χ1v) is 26.6. The number of thiophene rings is 3. The van der Waals surface area contributed by atoms with E-state index < -0.39 is 29.7 Å². The maximum atomic E-state index is 12.4. The van der Waals surface area contributed by atoms with E-state index in [1.54, 1.807) is 105 Å². The van der Waals surface area contributed by atoms with E-state index in [1.165, 1.54) is 34.8 Å². The number of hydrogen-bond donors (Lipinski definition) is 4. The van der Waals surface area contributed by atoms with E-state index in [2.05, 4.69) is 28.1 Å². The van der Waals surface area contributed by atoms with Crippen LogP contribution in [0.25, 0.3) is 30.3 Å². The summed E-state index contributed by atoms with van der Waals surface area (Å²) < 4.78 is 31.0. The summed E-state index contributed by atoms with van der Waals surface area (Å²) in [6.45, 7) is 4.36. The molecule has 394 valence electrons. The van der Waals surface area contributed by atoms with Crippen molar-refractivity contribution in [1.29, 1.82) is 10.5 Å². The average molecular weight is 1170 g/mol. The zero-order valence-corrected chi connectivity index (χ0v) is 45.4. The van der Waals surface area contributed by atoms with E-state index in [9.17, 15) is 44.4 Å². The number of halogens is 1. The number of ether oxygens (including phenoxy) is 5. The molecular weight excluding hydrogens is 1120 g/mol.